The van der Waals surface area contributed by atoms with Crippen LogP contribution in [0.2, 0.25) is 0 Å². The second-order valence-corrected chi connectivity index (χ2v) is 10.2. The maximum atomic E-state index is 13.3. The largest absolute Gasteiger partial charge is 0.468 e. The first-order valence-corrected chi connectivity index (χ1v) is 12.2. The van der Waals surface area contributed by atoms with Gasteiger partial charge in [-0.25, -0.2) is 0 Å². The Morgan fingerprint density at radius 2 is 1.83 bits per heavy atom. The third-order valence-electron chi connectivity index (χ3n) is 7.09. The van der Waals surface area contributed by atoms with E-state index in [2.05, 4.69) is 0 Å². The molecule has 8 heteroatoms. The summed E-state index contributed by atoms with van der Waals surface area (Å²) >= 11 is 1.75. The minimum atomic E-state index is -0.510. The maximum Gasteiger partial charge on any atom is 0.247 e. The molecule has 0 aromatic carbocycles. The van der Waals surface area contributed by atoms with E-state index in [0.717, 1.165) is 37.2 Å². The van der Waals surface area contributed by atoms with E-state index in [-0.39, 0.29) is 34.9 Å². The van der Waals surface area contributed by atoms with Crippen molar-refractivity contribution in [3.05, 3.63) is 24.2 Å². The number of nitrogens with zero attached hydrogens (tertiary/aromatic N) is 3. The fourth-order valence-electron chi connectivity index (χ4n) is 5.44. The van der Waals surface area contributed by atoms with Crippen LogP contribution in [0.5, 0.6) is 0 Å². The lowest BCUT2D eigenvalue weighted by Gasteiger charge is -2.48. The van der Waals surface area contributed by atoms with Crippen molar-refractivity contribution in [3.8, 4) is 0 Å². The molecular weight excluding hydrogens is 402 g/mol. The highest BCUT2D eigenvalue weighted by Gasteiger charge is 2.52. The van der Waals surface area contributed by atoms with Crippen molar-refractivity contribution in [1.29, 1.82) is 0 Å². The Morgan fingerprint density at radius 3 is 2.60 bits per heavy atom. The van der Waals surface area contributed by atoms with E-state index >= 15 is 0 Å². The van der Waals surface area contributed by atoms with Crippen LogP contribution in [0.15, 0.2) is 22.8 Å². The van der Waals surface area contributed by atoms with Crippen LogP contribution in [0.3, 0.4) is 0 Å². The van der Waals surface area contributed by atoms with Crippen LogP contribution in [0.1, 0.15) is 44.3 Å². The number of hydrogen-bond acceptors (Lipinski definition) is 5. The molecule has 30 heavy (non-hydrogen) atoms. The summed E-state index contributed by atoms with van der Waals surface area (Å²) in [7, 11) is 0. The molecule has 4 heterocycles. The molecule has 4 aliphatic rings. The zero-order valence-electron chi connectivity index (χ0n) is 17.2. The Labute approximate surface area is 181 Å². The molecule has 3 aliphatic heterocycles. The number of thioether (sulfide) groups is 1. The molecule has 1 aliphatic carbocycles. The lowest BCUT2D eigenvalue weighted by molar-refractivity contribution is -0.165. The Hall–Kier alpha value is -1.96. The fraction of sp³-hybridized carbons (Fsp3) is 0.682. The van der Waals surface area contributed by atoms with Crippen LogP contribution in [-0.2, 0) is 20.1 Å². The van der Waals surface area contributed by atoms with Crippen molar-refractivity contribution >= 4 is 29.5 Å². The fourth-order valence-corrected chi connectivity index (χ4v) is 6.59. The van der Waals surface area contributed by atoms with E-state index in [0.29, 0.717) is 32.6 Å². The highest BCUT2D eigenvalue weighted by Crippen LogP contribution is 2.35. The van der Waals surface area contributed by atoms with Crippen molar-refractivity contribution in [2.24, 2.45) is 5.92 Å². The zero-order chi connectivity index (χ0) is 20.7. The first-order chi connectivity index (χ1) is 14.6. The molecule has 3 atom stereocenters. The van der Waals surface area contributed by atoms with E-state index < -0.39 is 6.04 Å². The number of fused-ring (bicyclic) bond motifs is 2. The lowest BCUT2D eigenvalue weighted by atomic mass is 9.88. The number of carbonyl (C=O) groups excluding carboxylic acids is 3. The molecule has 0 N–H and O–H groups in total. The summed E-state index contributed by atoms with van der Waals surface area (Å²) < 4.78 is 5.40. The van der Waals surface area contributed by atoms with Crippen LogP contribution in [0, 0.1) is 5.92 Å². The topological polar surface area (TPSA) is 74.1 Å². The van der Waals surface area contributed by atoms with E-state index in [4.69, 9.17) is 4.42 Å². The number of hydrogen-bond donors (Lipinski definition) is 0. The van der Waals surface area contributed by atoms with Crippen molar-refractivity contribution in [2.45, 2.75) is 61.6 Å². The highest BCUT2D eigenvalue weighted by atomic mass is 32.2. The summed E-state index contributed by atoms with van der Waals surface area (Å²) in [4.78, 5) is 44.8. The van der Waals surface area contributed by atoms with E-state index in [9.17, 15) is 14.4 Å². The molecule has 1 aromatic heterocycles. The molecule has 1 saturated carbocycles. The summed E-state index contributed by atoms with van der Waals surface area (Å²) in [5.74, 6) is 2.02. The third-order valence-corrected chi connectivity index (χ3v) is 8.35. The van der Waals surface area contributed by atoms with E-state index in [1.54, 1.807) is 27.8 Å². The van der Waals surface area contributed by atoms with Gasteiger partial charge < -0.3 is 19.1 Å². The van der Waals surface area contributed by atoms with Gasteiger partial charge in [0.1, 0.15) is 17.8 Å². The van der Waals surface area contributed by atoms with Gasteiger partial charge in [-0.15, -0.1) is 11.8 Å². The van der Waals surface area contributed by atoms with E-state index in [1.165, 1.54) is 6.42 Å². The first kappa shape index (κ1) is 20.0. The van der Waals surface area contributed by atoms with Gasteiger partial charge in [-0.2, -0.15) is 0 Å². The van der Waals surface area contributed by atoms with Gasteiger partial charge in [0.2, 0.25) is 17.7 Å². The zero-order valence-corrected chi connectivity index (χ0v) is 18.0. The number of furan rings is 1. The molecule has 0 spiro atoms. The van der Waals surface area contributed by atoms with Gasteiger partial charge in [-0.1, -0.05) is 19.3 Å². The average molecular weight is 432 g/mol. The predicted molar refractivity (Wildman–Crippen MR) is 113 cm³/mol. The van der Waals surface area contributed by atoms with Crippen LogP contribution >= 0.6 is 11.8 Å². The third kappa shape index (κ3) is 3.63. The molecule has 4 fully saturated rings. The van der Waals surface area contributed by atoms with Gasteiger partial charge in [0.05, 0.1) is 18.6 Å². The molecule has 0 unspecified atom stereocenters. The van der Waals surface area contributed by atoms with Gasteiger partial charge in [0.25, 0.3) is 0 Å². The van der Waals surface area contributed by atoms with Crippen LogP contribution < -0.4 is 0 Å². The summed E-state index contributed by atoms with van der Waals surface area (Å²) in [5, 5.41) is 0.231. The van der Waals surface area contributed by atoms with Crippen molar-refractivity contribution in [3.63, 3.8) is 0 Å². The Kier molecular flexibility index (Phi) is 5.52. The number of piperazine rings is 2. The summed E-state index contributed by atoms with van der Waals surface area (Å²) in [6, 6.07) is 2.97. The molecule has 3 amide bonds. The van der Waals surface area contributed by atoms with Gasteiger partial charge >= 0.3 is 0 Å². The monoisotopic (exact) mass is 431 g/mol. The number of carbonyl (C=O) groups is 3. The molecule has 7 nitrogen and oxygen atoms in total. The van der Waals surface area contributed by atoms with Crippen molar-refractivity contribution in [1.82, 2.24) is 14.7 Å². The van der Waals surface area contributed by atoms with Crippen LogP contribution in [0.4, 0.5) is 0 Å². The second kappa shape index (κ2) is 8.29. The van der Waals surface area contributed by atoms with Gasteiger partial charge in [-0.05, 0) is 31.4 Å². The summed E-state index contributed by atoms with van der Waals surface area (Å²) in [5.41, 5.74) is 0. The minimum absolute atomic E-state index is 0.0156. The Balaban J connectivity index is 1.24. The Bertz CT molecular complexity index is 807. The highest BCUT2D eigenvalue weighted by molar-refractivity contribution is 7.99. The van der Waals surface area contributed by atoms with Crippen LogP contribution in [-0.4, -0.2) is 75.9 Å². The molecule has 0 radical (unpaired) electrons. The van der Waals surface area contributed by atoms with E-state index in [1.807, 2.05) is 17.0 Å². The first-order valence-electron chi connectivity index (χ1n) is 11.2. The second-order valence-electron chi connectivity index (χ2n) is 8.92. The summed E-state index contributed by atoms with van der Waals surface area (Å²) in [6.07, 6.45) is 7.72. The van der Waals surface area contributed by atoms with Gasteiger partial charge in [-0.3, -0.25) is 14.4 Å². The standard InChI is InChI=1S/C22H29N3O4S/c26-20(15-5-2-1-3-6-15)23-8-9-24-19(13-23)22(28)25-12-17(11-18(25)21(24)27)30-14-16-7-4-10-29-16/h4,7,10,15,17-19H,1-3,5-6,8-9,11-14H2/t17-,18-,19-/m0/s1. The molecule has 5 rings (SSSR count). The smallest absolute Gasteiger partial charge is 0.247 e. The quantitative estimate of drug-likeness (QED) is 0.730. The molecular formula is C22H29N3O4S. The molecule has 0 bridgehead atoms. The number of amides is 3. The Morgan fingerprint density at radius 1 is 1.03 bits per heavy atom. The lowest BCUT2D eigenvalue weighted by Crippen LogP contribution is -2.69. The molecule has 3 saturated heterocycles. The maximum absolute atomic E-state index is 13.3. The normalized spacial score (nSPS) is 29.9. The minimum Gasteiger partial charge on any atom is -0.468 e. The van der Waals surface area contributed by atoms with Gasteiger partial charge in [0, 0.05) is 30.8 Å². The van der Waals surface area contributed by atoms with Crippen molar-refractivity contribution in [2.75, 3.05) is 26.2 Å². The summed E-state index contributed by atoms with van der Waals surface area (Å²) in [6.45, 7) is 1.98. The predicted octanol–water partition coefficient (Wildman–Crippen LogP) is 2.12. The molecule has 1 aromatic rings. The average Bonchev–Trinajstić information content (AvgIpc) is 3.46. The van der Waals surface area contributed by atoms with Gasteiger partial charge in [0.15, 0.2) is 0 Å². The number of rotatable bonds is 4. The van der Waals surface area contributed by atoms with Crippen molar-refractivity contribution < 1.29 is 18.8 Å². The van der Waals surface area contributed by atoms with Crippen LogP contribution in [0.25, 0.3) is 0 Å². The molecule has 162 valence electrons. The SMILES string of the molecule is O=C(C1CCCCC1)N1CCN2C(=O)[C@@H]3C[C@H](SCc4ccco4)CN3C(=O)[C@@H]2C1.